The normalized spacial score (nSPS) is 14.1. The number of aryl methyl sites for hydroxylation is 1. The monoisotopic (exact) mass is 303 g/mol. The summed E-state index contributed by atoms with van der Waals surface area (Å²) >= 11 is 1.37. The summed E-state index contributed by atoms with van der Waals surface area (Å²) in [5.41, 5.74) is 1.07. The van der Waals surface area contributed by atoms with Crippen LogP contribution in [0.5, 0.6) is 0 Å². The maximum absolute atomic E-state index is 12.4. The second-order valence-electron chi connectivity index (χ2n) is 5.11. The molecule has 1 aliphatic rings. The molecule has 2 heterocycles. The Hall–Kier alpha value is -1.89. The van der Waals surface area contributed by atoms with E-state index in [-0.39, 0.29) is 5.91 Å². The summed E-state index contributed by atoms with van der Waals surface area (Å²) in [5.74, 6) is 1.27. The third-order valence-corrected chi connectivity index (χ3v) is 4.12. The first-order valence-electron chi connectivity index (χ1n) is 6.92. The van der Waals surface area contributed by atoms with Crippen molar-refractivity contribution in [1.82, 2.24) is 25.1 Å². The zero-order chi connectivity index (χ0) is 14.7. The van der Waals surface area contributed by atoms with Gasteiger partial charge in [-0.2, -0.15) is 0 Å². The van der Waals surface area contributed by atoms with Crippen LogP contribution in [0, 0.1) is 6.92 Å². The van der Waals surface area contributed by atoms with E-state index in [0.717, 1.165) is 24.2 Å². The van der Waals surface area contributed by atoms with E-state index in [9.17, 15) is 4.79 Å². The second kappa shape index (κ2) is 6.26. The average Bonchev–Trinajstić information content (AvgIpc) is 3.25. The zero-order valence-corrected chi connectivity index (χ0v) is 12.6. The first-order valence-corrected chi connectivity index (χ1v) is 7.91. The highest BCUT2D eigenvalue weighted by Crippen LogP contribution is 2.29. The highest BCUT2D eigenvalue weighted by molar-refractivity contribution is 7.99. The van der Waals surface area contributed by atoms with Crippen LogP contribution in [-0.2, 0) is 11.3 Å². The van der Waals surface area contributed by atoms with E-state index in [1.54, 1.807) is 6.20 Å². The summed E-state index contributed by atoms with van der Waals surface area (Å²) in [7, 11) is 0. The molecule has 1 saturated carbocycles. The number of hydrogen-bond donors (Lipinski definition) is 1. The maximum Gasteiger partial charge on any atom is 0.233 e. The van der Waals surface area contributed by atoms with Crippen LogP contribution >= 0.6 is 11.8 Å². The van der Waals surface area contributed by atoms with Gasteiger partial charge in [-0.25, -0.2) is 4.98 Å². The number of carbonyl (C=O) groups excluding carboxylic acids is 1. The summed E-state index contributed by atoms with van der Waals surface area (Å²) in [5, 5.41) is 7.44. The van der Waals surface area contributed by atoms with Crippen molar-refractivity contribution >= 4 is 17.7 Å². The molecule has 0 atom stereocenters. The van der Waals surface area contributed by atoms with Crippen molar-refractivity contribution in [3.63, 3.8) is 0 Å². The van der Waals surface area contributed by atoms with Crippen molar-refractivity contribution in [2.45, 2.75) is 37.5 Å². The maximum atomic E-state index is 12.4. The number of pyridine rings is 1. The summed E-state index contributed by atoms with van der Waals surface area (Å²) in [6, 6.07) is 4.28. The highest BCUT2D eigenvalue weighted by atomic mass is 32.2. The lowest BCUT2D eigenvalue weighted by Crippen LogP contribution is -2.34. The molecule has 2 aromatic heterocycles. The van der Waals surface area contributed by atoms with E-state index in [0.29, 0.717) is 23.5 Å². The number of H-pyrrole nitrogens is 1. The molecular weight excluding hydrogens is 286 g/mol. The molecule has 110 valence electrons. The molecule has 0 unspecified atom stereocenters. The summed E-state index contributed by atoms with van der Waals surface area (Å²) in [6.45, 7) is 2.47. The molecule has 2 aromatic rings. The van der Waals surface area contributed by atoms with Crippen molar-refractivity contribution in [3.8, 4) is 0 Å². The molecule has 0 aliphatic heterocycles. The van der Waals surface area contributed by atoms with E-state index < -0.39 is 0 Å². The number of thioether (sulfide) groups is 1. The molecule has 0 aromatic carbocycles. The Balaban J connectivity index is 1.59. The van der Waals surface area contributed by atoms with Gasteiger partial charge in [0.15, 0.2) is 0 Å². The number of hydrogen-bond acceptors (Lipinski definition) is 5. The number of carbonyl (C=O) groups is 1. The van der Waals surface area contributed by atoms with E-state index in [4.69, 9.17) is 0 Å². The SMILES string of the molecule is Cc1nc(SCC(=O)N(Cc2cccnc2)C2CC2)n[nH]1. The Morgan fingerprint density at radius 3 is 3.00 bits per heavy atom. The third-order valence-electron chi connectivity index (χ3n) is 3.29. The quantitative estimate of drug-likeness (QED) is 0.824. The third kappa shape index (κ3) is 3.81. The van der Waals surface area contributed by atoms with E-state index in [1.165, 1.54) is 11.8 Å². The van der Waals surface area contributed by atoms with Crippen LogP contribution in [-0.4, -0.2) is 42.8 Å². The lowest BCUT2D eigenvalue weighted by Gasteiger charge is -2.22. The number of aromatic nitrogens is 4. The molecule has 6 nitrogen and oxygen atoms in total. The molecule has 1 fully saturated rings. The number of aromatic amines is 1. The fourth-order valence-electron chi connectivity index (χ4n) is 2.09. The van der Waals surface area contributed by atoms with Gasteiger partial charge < -0.3 is 4.90 Å². The summed E-state index contributed by atoms with van der Waals surface area (Å²) in [6.07, 6.45) is 5.75. The van der Waals surface area contributed by atoms with Gasteiger partial charge in [0.05, 0.1) is 5.75 Å². The van der Waals surface area contributed by atoms with Crippen LogP contribution in [0.25, 0.3) is 0 Å². The lowest BCUT2D eigenvalue weighted by molar-refractivity contribution is -0.129. The largest absolute Gasteiger partial charge is 0.335 e. The van der Waals surface area contributed by atoms with Gasteiger partial charge in [-0.05, 0) is 31.4 Å². The van der Waals surface area contributed by atoms with E-state index in [2.05, 4.69) is 20.2 Å². The van der Waals surface area contributed by atoms with Crippen LogP contribution in [0.2, 0.25) is 0 Å². The molecule has 1 aliphatic carbocycles. The Labute approximate surface area is 127 Å². The molecule has 0 spiro atoms. The van der Waals surface area contributed by atoms with Crippen molar-refractivity contribution in [1.29, 1.82) is 0 Å². The van der Waals surface area contributed by atoms with Crippen molar-refractivity contribution in [3.05, 3.63) is 35.9 Å². The van der Waals surface area contributed by atoms with Crippen molar-refractivity contribution in [2.24, 2.45) is 0 Å². The molecule has 0 saturated heterocycles. The van der Waals surface area contributed by atoms with E-state index >= 15 is 0 Å². The molecule has 0 bridgehead atoms. The zero-order valence-electron chi connectivity index (χ0n) is 11.8. The van der Waals surface area contributed by atoms with Gasteiger partial charge in [0.2, 0.25) is 11.1 Å². The van der Waals surface area contributed by atoms with Gasteiger partial charge in [-0.15, -0.1) is 5.10 Å². The lowest BCUT2D eigenvalue weighted by atomic mass is 10.2. The Morgan fingerprint density at radius 1 is 1.52 bits per heavy atom. The summed E-state index contributed by atoms with van der Waals surface area (Å²) in [4.78, 5) is 22.7. The predicted molar refractivity (Wildman–Crippen MR) is 79.7 cm³/mol. The van der Waals surface area contributed by atoms with E-state index in [1.807, 2.05) is 30.2 Å². The standard InChI is InChI=1S/C14H17N5OS/c1-10-16-14(18-17-10)21-9-13(20)19(12-4-5-12)8-11-3-2-6-15-7-11/h2-3,6-7,12H,4-5,8-9H2,1H3,(H,16,17,18). The van der Waals surface area contributed by atoms with Crippen LogP contribution < -0.4 is 0 Å². The minimum atomic E-state index is 0.133. The first kappa shape index (κ1) is 14.1. The number of rotatable bonds is 6. The summed E-state index contributed by atoms with van der Waals surface area (Å²) < 4.78 is 0. The molecule has 1 amide bonds. The van der Waals surface area contributed by atoms with Gasteiger partial charge in [0.1, 0.15) is 5.82 Å². The van der Waals surface area contributed by atoms with Crippen LogP contribution in [0.4, 0.5) is 0 Å². The molecule has 7 heteroatoms. The topological polar surface area (TPSA) is 74.8 Å². The average molecular weight is 303 g/mol. The Bertz CT molecular complexity index is 611. The minimum Gasteiger partial charge on any atom is -0.335 e. The van der Waals surface area contributed by atoms with Gasteiger partial charge in [0, 0.05) is 25.0 Å². The number of amides is 1. The fraction of sp³-hybridized carbons (Fsp3) is 0.429. The van der Waals surface area contributed by atoms with Gasteiger partial charge in [-0.3, -0.25) is 14.9 Å². The molecule has 21 heavy (non-hydrogen) atoms. The smallest absolute Gasteiger partial charge is 0.233 e. The molecule has 0 radical (unpaired) electrons. The highest BCUT2D eigenvalue weighted by Gasteiger charge is 2.32. The van der Waals surface area contributed by atoms with Gasteiger partial charge >= 0.3 is 0 Å². The van der Waals surface area contributed by atoms with Crippen LogP contribution in [0.15, 0.2) is 29.7 Å². The molecular formula is C14H17N5OS. The van der Waals surface area contributed by atoms with Gasteiger partial charge in [0.25, 0.3) is 0 Å². The Kier molecular flexibility index (Phi) is 4.19. The minimum absolute atomic E-state index is 0.133. The van der Waals surface area contributed by atoms with Crippen molar-refractivity contribution < 1.29 is 4.79 Å². The second-order valence-corrected chi connectivity index (χ2v) is 6.05. The fourth-order valence-corrected chi connectivity index (χ4v) is 2.82. The van der Waals surface area contributed by atoms with Crippen LogP contribution in [0.3, 0.4) is 0 Å². The van der Waals surface area contributed by atoms with Crippen molar-refractivity contribution in [2.75, 3.05) is 5.75 Å². The predicted octanol–water partition coefficient (Wildman–Crippen LogP) is 1.79. The molecule has 3 rings (SSSR count). The van der Waals surface area contributed by atoms with Gasteiger partial charge in [-0.1, -0.05) is 17.8 Å². The van der Waals surface area contributed by atoms with Crippen LogP contribution in [0.1, 0.15) is 24.2 Å². The molecule has 1 N–H and O–H groups in total. The Morgan fingerprint density at radius 2 is 2.38 bits per heavy atom. The number of nitrogens with zero attached hydrogens (tertiary/aromatic N) is 4. The number of nitrogens with one attached hydrogen (secondary N) is 1. The first-order chi connectivity index (χ1) is 10.2.